The second-order valence-corrected chi connectivity index (χ2v) is 8.59. The van der Waals surface area contributed by atoms with E-state index in [-0.39, 0.29) is 15.4 Å². The van der Waals surface area contributed by atoms with Gasteiger partial charge in [-0.15, -0.1) is 11.3 Å². The van der Waals surface area contributed by atoms with E-state index < -0.39 is 17.8 Å². The number of ether oxygens (including phenoxy) is 1. The van der Waals surface area contributed by atoms with Crippen LogP contribution in [0.1, 0.15) is 36.0 Å². The molecule has 0 spiro atoms. The summed E-state index contributed by atoms with van der Waals surface area (Å²) in [6.45, 7) is 1.59. The number of hydrogen-bond donors (Lipinski definition) is 2. The fourth-order valence-corrected chi connectivity index (χ4v) is 4.26. The average Bonchev–Trinajstić information content (AvgIpc) is 3.06. The second kappa shape index (κ2) is 9.70. The summed E-state index contributed by atoms with van der Waals surface area (Å²) in [4.78, 5) is 38.1. The van der Waals surface area contributed by atoms with Gasteiger partial charge in [-0.3, -0.25) is 9.59 Å². The highest BCUT2D eigenvalue weighted by Gasteiger charge is 2.27. The molecule has 0 radical (unpaired) electrons. The molecule has 2 aromatic carbocycles. The first-order valence-electron chi connectivity index (χ1n) is 8.76. The summed E-state index contributed by atoms with van der Waals surface area (Å²) in [5.74, 6) is -1.66. The first kappa shape index (κ1) is 23.1. The van der Waals surface area contributed by atoms with Gasteiger partial charge in [0.1, 0.15) is 5.00 Å². The average molecular weight is 498 g/mol. The van der Waals surface area contributed by atoms with Crippen molar-refractivity contribution in [1.29, 1.82) is 0 Å². The van der Waals surface area contributed by atoms with Gasteiger partial charge in [0.25, 0.3) is 11.8 Å². The van der Waals surface area contributed by atoms with E-state index in [9.17, 15) is 14.4 Å². The van der Waals surface area contributed by atoms with E-state index in [1.165, 1.54) is 13.2 Å². The number of anilines is 2. The Labute approximate surface area is 197 Å². The highest BCUT2D eigenvalue weighted by Crippen LogP contribution is 2.35. The van der Waals surface area contributed by atoms with Crippen molar-refractivity contribution in [2.45, 2.75) is 6.92 Å². The van der Waals surface area contributed by atoms with Crippen molar-refractivity contribution in [1.82, 2.24) is 0 Å². The van der Waals surface area contributed by atoms with Crippen LogP contribution in [0, 0.1) is 6.92 Å². The van der Waals surface area contributed by atoms with Crippen molar-refractivity contribution in [2.75, 3.05) is 17.7 Å². The number of rotatable bonds is 5. The summed E-state index contributed by atoms with van der Waals surface area (Å²) in [6, 6.07) is 10.9. The van der Waals surface area contributed by atoms with Gasteiger partial charge < -0.3 is 15.4 Å². The zero-order chi connectivity index (χ0) is 22.7. The normalized spacial score (nSPS) is 10.5. The molecule has 6 nitrogen and oxygen atoms in total. The first-order valence-corrected chi connectivity index (χ1v) is 10.7. The van der Waals surface area contributed by atoms with Gasteiger partial charge in [-0.25, -0.2) is 4.79 Å². The highest BCUT2D eigenvalue weighted by atomic mass is 35.5. The maximum Gasteiger partial charge on any atom is 0.341 e. The number of esters is 1. The molecule has 0 saturated heterocycles. The van der Waals surface area contributed by atoms with E-state index >= 15 is 0 Å². The molecule has 10 heteroatoms. The van der Waals surface area contributed by atoms with Gasteiger partial charge in [0.2, 0.25) is 0 Å². The van der Waals surface area contributed by atoms with Crippen LogP contribution < -0.4 is 10.6 Å². The van der Waals surface area contributed by atoms with Gasteiger partial charge in [0, 0.05) is 15.6 Å². The Morgan fingerprint density at radius 1 is 0.903 bits per heavy atom. The smallest absolute Gasteiger partial charge is 0.341 e. The fraction of sp³-hybridized carbons (Fsp3) is 0.0952. The lowest BCUT2D eigenvalue weighted by Gasteiger charge is -2.07. The van der Waals surface area contributed by atoms with E-state index in [0.717, 1.165) is 11.3 Å². The maximum absolute atomic E-state index is 12.9. The Hall–Kier alpha value is -2.58. The molecule has 0 saturated carbocycles. The molecule has 160 valence electrons. The largest absolute Gasteiger partial charge is 0.465 e. The van der Waals surface area contributed by atoms with Crippen molar-refractivity contribution in [3.63, 3.8) is 0 Å². The van der Waals surface area contributed by atoms with Crippen molar-refractivity contribution >= 4 is 74.6 Å². The lowest BCUT2D eigenvalue weighted by Crippen LogP contribution is -2.14. The van der Waals surface area contributed by atoms with Gasteiger partial charge in [-0.05, 0) is 55.0 Å². The van der Waals surface area contributed by atoms with Crippen LogP contribution in [0.4, 0.5) is 10.7 Å². The standard InChI is InChI=1S/C21H15Cl3N2O4S/c1-10-16(21(29)30-2)20(26-18(27)11-3-5-12(22)6-4-11)31-17(10)19(28)25-15-9-13(23)7-8-14(15)24/h3-9H,1-2H3,(H,25,28)(H,26,27). The van der Waals surface area contributed by atoms with Gasteiger partial charge >= 0.3 is 5.97 Å². The molecular weight excluding hydrogens is 483 g/mol. The van der Waals surface area contributed by atoms with Crippen LogP contribution in [-0.2, 0) is 4.74 Å². The Balaban J connectivity index is 1.95. The molecule has 0 fully saturated rings. The molecule has 0 aliphatic carbocycles. The van der Waals surface area contributed by atoms with Crippen LogP contribution in [0.5, 0.6) is 0 Å². The number of carbonyl (C=O) groups excluding carboxylic acids is 3. The SMILES string of the molecule is COC(=O)c1c(NC(=O)c2ccc(Cl)cc2)sc(C(=O)Nc2cc(Cl)ccc2Cl)c1C. The predicted octanol–water partition coefficient (Wildman–Crippen LogP) is 6.31. The summed E-state index contributed by atoms with van der Waals surface area (Å²) in [7, 11) is 1.22. The third-order valence-electron chi connectivity index (χ3n) is 4.25. The molecule has 1 aromatic heterocycles. The van der Waals surface area contributed by atoms with E-state index in [1.807, 2.05) is 0 Å². The molecular formula is C21H15Cl3N2O4S. The highest BCUT2D eigenvalue weighted by molar-refractivity contribution is 7.19. The first-order chi connectivity index (χ1) is 14.7. The number of hydrogen-bond acceptors (Lipinski definition) is 5. The van der Waals surface area contributed by atoms with Crippen molar-refractivity contribution in [3.05, 3.63) is 79.1 Å². The molecule has 0 unspecified atom stereocenters. The van der Waals surface area contributed by atoms with Crippen LogP contribution in [-0.4, -0.2) is 24.9 Å². The minimum atomic E-state index is -0.681. The Morgan fingerprint density at radius 3 is 2.19 bits per heavy atom. The fourth-order valence-electron chi connectivity index (χ4n) is 2.71. The summed E-state index contributed by atoms with van der Waals surface area (Å²) < 4.78 is 4.84. The molecule has 0 bridgehead atoms. The number of amides is 2. The van der Waals surface area contributed by atoms with Gasteiger partial charge in [0.15, 0.2) is 0 Å². The van der Waals surface area contributed by atoms with Gasteiger partial charge in [-0.2, -0.15) is 0 Å². The van der Waals surface area contributed by atoms with Crippen LogP contribution >= 0.6 is 46.1 Å². The minimum Gasteiger partial charge on any atom is -0.465 e. The van der Waals surface area contributed by atoms with E-state index in [4.69, 9.17) is 39.5 Å². The maximum atomic E-state index is 12.9. The van der Waals surface area contributed by atoms with Crippen LogP contribution in [0.25, 0.3) is 0 Å². The predicted molar refractivity (Wildman–Crippen MR) is 124 cm³/mol. The monoisotopic (exact) mass is 496 g/mol. The van der Waals surface area contributed by atoms with Crippen molar-refractivity contribution in [2.24, 2.45) is 0 Å². The van der Waals surface area contributed by atoms with E-state index in [2.05, 4.69) is 10.6 Å². The lowest BCUT2D eigenvalue weighted by atomic mass is 10.1. The van der Waals surface area contributed by atoms with E-state index in [0.29, 0.717) is 31.9 Å². The Bertz CT molecular complexity index is 1180. The van der Waals surface area contributed by atoms with Crippen LogP contribution in [0.15, 0.2) is 42.5 Å². The van der Waals surface area contributed by atoms with Crippen molar-refractivity contribution < 1.29 is 19.1 Å². The number of carbonyl (C=O) groups is 3. The number of thiophene rings is 1. The summed E-state index contributed by atoms with van der Waals surface area (Å²) in [6.07, 6.45) is 0. The summed E-state index contributed by atoms with van der Waals surface area (Å²) in [5.41, 5.74) is 1.11. The molecule has 3 aromatic rings. The molecule has 0 aliphatic rings. The van der Waals surface area contributed by atoms with Crippen LogP contribution in [0.2, 0.25) is 15.1 Å². The molecule has 31 heavy (non-hydrogen) atoms. The molecule has 0 atom stereocenters. The molecule has 2 N–H and O–H groups in total. The summed E-state index contributed by atoms with van der Waals surface area (Å²) in [5, 5.41) is 6.71. The molecule has 2 amide bonds. The Kier molecular flexibility index (Phi) is 7.23. The zero-order valence-electron chi connectivity index (χ0n) is 16.2. The molecule has 0 aliphatic heterocycles. The number of benzene rings is 2. The minimum absolute atomic E-state index is 0.0946. The number of methoxy groups -OCH3 is 1. The van der Waals surface area contributed by atoms with Gasteiger partial charge in [0.05, 0.1) is 28.3 Å². The number of nitrogens with one attached hydrogen (secondary N) is 2. The van der Waals surface area contributed by atoms with Crippen molar-refractivity contribution in [3.8, 4) is 0 Å². The van der Waals surface area contributed by atoms with Crippen LogP contribution in [0.3, 0.4) is 0 Å². The zero-order valence-corrected chi connectivity index (χ0v) is 19.3. The number of halogens is 3. The third-order valence-corrected chi connectivity index (χ3v) is 6.28. The molecule has 1 heterocycles. The lowest BCUT2D eigenvalue weighted by molar-refractivity contribution is 0.0601. The van der Waals surface area contributed by atoms with Gasteiger partial charge in [-0.1, -0.05) is 34.8 Å². The quantitative estimate of drug-likeness (QED) is 0.405. The summed E-state index contributed by atoms with van der Waals surface area (Å²) >= 11 is 18.9. The Morgan fingerprint density at radius 2 is 1.55 bits per heavy atom. The second-order valence-electron chi connectivity index (χ2n) is 6.29. The topological polar surface area (TPSA) is 84.5 Å². The molecule has 3 rings (SSSR count). The van der Waals surface area contributed by atoms with E-state index in [1.54, 1.807) is 43.3 Å². The third kappa shape index (κ3) is 5.19.